The highest BCUT2D eigenvalue weighted by Crippen LogP contribution is 2.35. The summed E-state index contributed by atoms with van der Waals surface area (Å²) >= 11 is 0. The van der Waals surface area contributed by atoms with Crippen molar-refractivity contribution in [2.45, 2.75) is 83.2 Å². The molecule has 2 fully saturated rings. The highest BCUT2D eigenvalue weighted by atomic mass is 15.2. The zero-order valence-electron chi connectivity index (χ0n) is 14.1. The molecule has 0 N–H and O–H groups in total. The molecule has 2 heterocycles. The van der Waals surface area contributed by atoms with Gasteiger partial charge in [-0.3, -0.25) is 4.90 Å². The Balaban J connectivity index is 1.65. The predicted molar refractivity (Wildman–Crippen MR) is 88.2 cm³/mol. The van der Waals surface area contributed by atoms with Crippen molar-refractivity contribution in [3.05, 3.63) is 0 Å². The van der Waals surface area contributed by atoms with Crippen LogP contribution < -0.4 is 0 Å². The van der Waals surface area contributed by atoms with Gasteiger partial charge in [-0.2, -0.15) is 0 Å². The average Bonchev–Trinajstić information content (AvgIpc) is 2.42. The maximum atomic E-state index is 2.89. The summed E-state index contributed by atoms with van der Waals surface area (Å²) in [5.41, 5.74) is 0. The van der Waals surface area contributed by atoms with Crippen LogP contribution in [-0.2, 0) is 0 Å². The van der Waals surface area contributed by atoms with Crippen LogP contribution in [-0.4, -0.2) is 49.1 Å². The Labute approximate surface area is 126 Å². The first-order valence-electron chi connectivity index (χ1n) is 9.07. The maximum Gasteiger partial charge on any atom is 0.0101 e. The molecule has 3 atom stereocenters. The lowest BCUT2D eigenvalue weighted by Crippen LogP contribution is -2.51. The van der Waals surface area contributed by atoms with Crippen molar-refractivity contribution >= 4 is 0 Å². The quantitative estimate of drug-likeness (QED) is 0.646. The molecule has 0 spiro atoms. The van der Waals surface area contributed by atoms with Gasteiger partial charge in [0.15, 0.2) is 0 Å². The van der Waals surface area contributed by atoms with Crippen LogP contribution in [0.1, 0.15) is 71.1 Å². The van der Waals surface area contributed by atoms with Crippen LogP contribution >= 0.6 is 0 Å². The Hall–Kier alpha value is -0.0800. The monoisotopic (exact) mass is 280 g/mol. The normalized spacial score (nSPS) is 31.5. The van der Waals surface area contributed by atoms with Gasteiger partial charge in [0, 0.05) is 12.1 Å². The van der Waals surface area contributed by atoms with Gasteiger partial charge in [-0.15, -0.1) is 0 Å². The maximum absolute atomic E-state index is 2.89. The van der Waals surface area contributed by atoms with E-state index in [-0.39, 0.29) is 0 Å². The number of hydrogen-bond donors (Lipinski definition) is 0. The predicted octanol–water partition coefficient (Wildman–Crippen LogP) is 4.15. The molecule has 0 amide bonds. The smallest absolute Gasteiger partial charge is 0.0101 e. The van der Waals surface area contributed by atoms with Gasteiger partial charge < -0.3 is 4.90 Å². The minimum atomic E-state index is 0.915. The first-order chi connectivity index (χ1) is 9.66. The lowest BCUT2D eigenvalue weighted by molar-refractivity contribution is 0.0246. The zero-order chi connectivity index (χ0) is 14.4. The van der Waals surface area contributed by atoms with Crippen LogP contribution in [0.2, 0.25) is 0 Å². The first kappa shape index (κ1) is 16.3. The molecular weight excluding hydrogens is 244 g/mol. The third-order valence-corrected chi connectivity index (χ3v) is 5.38. The molecule has 2 saturated heterocycles. The lowest BCUT2D eigenvalue weighted by Gasteiger charge is -2.47. The Bertz CT molecular complexity index is 264. The number of nitrogens with zero attached hydrogens (tertiary/aromatic N) is 2. The van der Waals surface area contributed by atoms with Gasteiger partial charge in [-0.25, -0.2) is 0 Å². The first-order valence-corrected chi connectivity index (χ1v) is 9.07. The Morgan fingerprint density at radius 1 is 1.00 bits per heavy atom. The summed E-state index contributed by atoms with van der Waals surface area (Å²) in [6.07, 6.45) is 14.5. The summed E-state index contributed by atoms with van der Waals surface area (Å²) in [7, 11) is 4.36. The highest BCUT2D eigenvalue weighted by molar-refractivity contribution is 4.89. The van der Waals surface area contributed by atoms with Gasteiger partial charge in [-0.1, -0.05) is 32.6 Å². The van der Waals surface area contributed by atoms with E-state index in [0.717, 1.165) is 18.0 Å². The van der Waals surface area contributed by atoms with Gasteiger partial charge in [0.25, 0.3) is 0 Å². The van der Waals surface area contributed by atoms with Crippen LogP contribution in [0.3, 0.4) is 0 Å². The summed E-state index contributed by atoms with van der Waals surface area (Å²) in [5, 5.41) is 0. The Kier molecular flexibility index (Phi) is 6.83. The molecule has 0 saturated carbocycles. The highest BCUT2D eigenvalue weighted by Gasteiger charge is 2.34. The molecule has 0 aromatic carbocycles. The van der Waals surface area contributed by atoms with Gasteiger partial charge in [0.2, 0.25) is 0 Å². The van der Waals surface area contributed by atoms with E-state index in [1.54, 1.807) is 0 Å². The van der Waals surface area contributed by atoms with E-state index in [9.17, 15) is 0 Å². The minimum absolute atomic E-state index is 0.915. The molecule has 2 heteroatoms. The van der Waals surface area contributed by atoms with Gasteiger partial charge >= 0.3 is 0 Å². The van der Waals surface area contributed by atoms with E-state index in [4.69, 9.17) is 0 Å². The Morgan fingerprint density at radius 3 is 2.60 bits per heavy atom. The number of unbranched alkanes of at least 4 members (excludes halogenated alkanes) is 3. The van der Waals surface area contributed by atoms with Crippen molar-refractivity contribution < 1.29 is 0 Å². The molecular formula is C18H36N2. The largest absolute Gasteiger partial charge is 0.309 e. The van der Waals surface area contributed by atoms with E-state index in [0.29, 0.717) is 0 Å². The van der Waals surface area contributed by atoms with Gasteiger partial charge in [0.05, 0.1) is 0 Å². The standard InChI is InChI=1S/C18H36N2/c1-16-14-17(10-6-4-5-8-12-19(2)3)20-13-9-7-11-18(20)15-16/h16-18H,4-15H2,1-3H3/t16-,17+,18+/m1/s1. The van der Waals surface area contributed by atoms with Crippen molar-refractivity contribution in [1.82, 2.24) is 9.80 Å². The number of hydrogen-bond acceptors (Lipinski definition) is 2. The van der Waals surface area contributed by atoms with E-state index in [1.165, 1.54) is 77.3 Å². The van der Waals surface area contributed by atoms with E-state index in [2.05, 4.69) is 30.8 Å². The van der Waals surface area contributed by atoms with Crippen LogP contribution in [0.4, 0.5) is 0 Å². The molecule has 0 aliphatic carbocycles. The van der Waals surface area contributed by atoms with Crippen molar-refractivity contribution in [2.24, 2.45) is 5.92 Å². The van der Waals surface area contributed by atoms with Crippen LogP contribution in [0, 0.1) is 5.92 Å². The van der Waals surface area contributed by atoms with Crippen molar-refractivity contribution in [2.75, 3.05) is 27.2 Å². The summed E-state index contributed by atoms with van der Waals surface area (Å²) in [4.78, 5) is 5.20. The molecule has 0 radical (unpaired) electrons. The summed E-state index contributed by atoms with van der Waals surface area (Å²) in [5.74, 6) is 0.966. The van der Waals surface area contributed by atoms with Crippen molar-refractivity contribution in [1.29, 1.82) is 0 Å². The van der Waals surface area contributed by atoms with Crippen molar-refractivity contribution in [3.8, 4) is 0 Å². The lowest BCUT2D eigenvalue weighted by atomic mass is 9.81. The molecule has 2 aliphatic rings. The van der Waals surface area contributed by atoms with Crippen LogP contribution in [0.25, 0.3) is 0 Å². The number of fused-ring (bicyclic) bond motifs is 1. The second kappa shape index (κ2) is 8.38. The summed E-state index contributed by atoms with van der Waals surface area (Å²) in [6, 6.07) is 1.85. The van der Waals surface area contributed by atoms with E-state index < -0.39 is 0 Å². The Morgan fingerprint density at radius 2 is 1.80 bits per heavy atom. The summed E-state index contributed by atoms with van der Waals surface area (Å²) < 4.78 is 0. The molecule has 2 rings (SSSR count). The topological polar surface area (TPSA) is 6.48 Å². The molecule has 0 aromatic rings. The molecule has 0 bridgehead atoms. The SMILES string of the molecule is C[C@@H]1C[C@H](CCCCCCN(C)C)N2CCCC[C@H]2C1. The fourth-order valence-corrected chi connectivity index (χ4v) is 4.36. The van der Waals surface area contributed by atoms with Crippen LogP contribution in [0.5, 0.6) is 0 Å². The van der Waals surface area contributed by atoms with E-state index >= 15 is 0 Å². The number of rotatable bonds is 7. The fourth-order valence-electron chi connectivity index (χ4n) is 4.36. The van der Waals surface area contributed by atoms with Crippen molar-refractivity contribution in [3.63, 3.8) is 0 Å². The van der Waals surface area contributed by atoms with Gasteiger partial charge in [0.1, 0.15) is 0 Å². The molecule has 0 unspecified atom stereocenters. The number of piperidine rings is 2. The second-order valence-corrected chi connectivity index (χ2v) is 7.62. The van der Waals surface area contributed by atoms with E-state index in [1.807, 2.05) is 0 Å². The molecule has 118 valence electrons. The second-order valence-electron chi connectivity index (χ2n) is 7.62. The zero-order valence-corrected chi connectivity index (χ0v) is 14.1. The minimum Gasteiger partial charge on any atom is -0.309 e. The molecule has 2 aliphatic heterocycles. The fraction of sp³-hybridized carbons (Fsp3) is 1.00. The molecule has 2 nitrogen and oxygen atoms in total. The third-order valence-electron chi connectivity index (χ3n) is 5.38. The average molecular weight is 280 g/mol. The molecule has 20 heavy (non-hydrogen) atoms. The summed E-state index contributed by atoms with van der Waals surface area (Å²) in [6.45, 7) is 5.13. The third kappa shape index (κ3) is 5.04. The molecule has 0 aromatic heterocycles. The van der Waals surface area contributed by atoms with Gasteiger partial charge in [-0.05, 0) is 71.6 Å². The van der Waals surface area contributed by atoms with Crippen LogP contribution in [0.15, 0.2) is 0 Å².